The topological polar surface area (TPSA) is 104 Å². The molecule has 10 heteroatoms. The molecule has 2 amide bonds. The summed E-state index contributed by atoms with van der Waals surface area (Å²) in [6.07, 6.45) is 2.93. The molecular formula is C35H38ClN5O3S. The summed E-state index contributed by atoms with van der Waals surface area (Å²) in [5, 5.41) is 8.98. The Morgan fingerprint density at radius 2 is 1.56 bits per heavy atom. The van der Waals surface area contributed by atoms with Crippen molar-refractivity contribution in [2.75, 3.05) is 11.3 Å². The van der Waals surface area contributed by atoms with Gasteiger partial charge in [0.1, 0.15) is 5.82 Å². The van der Waals surface area contributed by atoms with Crippen LogP contribution in [0.4, 0.5) is 10.6 Å². The van der Waals surface area contributed by atoms with E-state index in [4.69, 9.17) is 11.6 Å². The summed E-state index contributed by atoms with van der Waals surface area (Å²) in [6, 6.07) is 27.6. The van der Waals surface area contributed by atoms with Gasteiger partial charge in [-0.05, 0) is 84.7 Å². The van der Waals surface area contributed by atoms with Gasteiger partial charge < -0.3 is 0 Å². The zero-order chi connectivity index (χ0) is 32.2. The lowest BCUT2D eigenvalue weighted by Gasteiger charge is -2.34. The van der Waals surface area contributed by atoms with Gasteiger partial charge >= 0.3 is 6.03 Å². The number of benzene rings is 3. The number of sulfonamides is 1. The maximum atomic E-state index is 12.8. The minimum absolute atomic E-state index is 0.0681. The number of aromatic nitrogens is 1. The number of aryl methyl sites for hydroxylation is 1. The Bertz CT molecular complexity index is 1790. The van der Waals surface area contributed by atoms with Crippen molar-refractivity contribution in [3.8, 4) is 11.3 Å². The van der Waals surface area contributed by atoms with Gasteiger partial charge in [0.25, 0.3) is 10.0 Å². The molecule has 3 aromatic carbocycles. The van der Waals surface area contributed by atoms with Crippen molar-refractivity contribution >= 4 is 33.5 Å². The molecule has 0 saturated carbocycles. The predicted molar refractivity (Wildman–Crippen MR) is 179 cm³/mol. The third kappa shape index (κ3) is 7.60. The summed E-state index contributed by atoms with van der Waals surface area (Å²) in [6.45, 7) is 9.10. The number of anilines is 1. The lowest BCUT2D eigenvalue weighted by atomic mass is 9.85. The van der Waals surface area contributed by atoms with Crippen molar-refractivity contribution in [2.45, 2.75) is 69.4 Å². The number of azo groups is 1. The van der Waals surface area contributed by atoms with Crippen molar-refractivity contribution in [3.05, 3.63) is 113 Å². The van der Waals surface area contributed by atoms with Crippen LogP contribution < -0.4 is 4.72 Å². The van der Waals surface area contributed by atoms with E-state index in [-0.39, 0.29) is 22.2 Å². The molecule has 0 bridgehead atoms. The summed E-state index contributed by atoms with van der Waals surface area (Å²) in [4.78, 5) is 19.0. The summed E-state index contributed by atoms with van der Waals surface area (Å²) in [5.41, 5.74) is 4.43. The van der Waals surface area contributed by atoms with E-state index >= 15 is 0 Å². The number of pyridine rings is 1. The fraction of sp³-hybridized carbons (Fsp3) is 0.314. The first-order chi connectivity index (χ1) is 21.4. The van der Waals surface area contributed by atoms with E-state index in [2.05, 4.69) is 77.1 Å². The van der Waals surface area contributed by atoms with Crippen molar-refractivity contribution in [1.82, 2.24) is 9.88 Å². The molecule has 5 rings (SSSR count). The highest BCUT2D eigenvalue weighted by Crippen LogP contribution is 2.35. The van der Waals surface area contributed by atoms with E-state index in [9.17, 15) is 13.2 Å². The number of likely N-dealkylation sites (N-methyl/N-ethyl adjacent to an activating group) is 1. The van der Waals surface area contributed by atoms with Crippen LogP contribution in [0.1, 0.15) is 57.2 Å². The Morgan fingerprint density at radius 1 is 0.889 bits per heavy atom. The van der Waals surface area contributed by atoms with E-state index in [1.807, 2.05) is 25.1 Å². The summed E-state index contributed by atoms with van der Waals surface area (Å²) in [5.74, 6) is 0.227. The summed E-state index contributed by atoms with van der Waals surface area (Å²) in [7, 11) is -3.81. The zero-order valence-electron chi connectivity index (χ0n) is 26.0. The van der Waals surface area contributed by atoms with Crippen LogP contribution in [-0.4, -0.2) is 36.5 Å². The second-order valence-electron chi connectivity index (χ2n) is 12.4. The van der Waals surface area contributed by atoms with Gasteiger partial charge in [-0.15, -0.1) is 0 Å². The Labute approximate surface area is 270 Å². The molecule has 2 heterocycles. The van der Waals surface area contributed by atoms with E-state index in [1.54, 1.807) is 17.0 Å². The number of nitrogens with one attached hydrogen (secondary N) is 1. The third-order valence-electron chi connectivity index (χ3n) is 8.08. The summed E-state index contributed by atoms with van der Waals surface area (Å²) < 4.78 is 28.2. The standard InChI is InChI=1S/C35H38ClN5O3S/c1-5-41-33(42)38-40-35(41,24-26-13-17-28(18-14-26)34(2,3)4)23-7-8-25-11-15-27(16-12-25)31-9-6-10-32(37-31)39-45(43,44)30-21-19-29(36)20-22-30/h6,9-22H,5,7-8,23-24H2,1-4H3,(H,37,39). The second-order valence-corrected chi connectivity index (χ2v) is 14.5. The van der Waals surface area contributed by atoms with Crippen molar-refractivity contribution < 1.29 is 13.2 Å². The fourth-order valence-corrected chi connectivity index (χ4v) is 6.71. The molecule has 0 fully saturated rings. The highest BCUT2D eigenvalue weighted by molar-refractivity contribution is 7.92. The molecule has 0 radical (unpaired) electrons. The van der Waals surface area contributed by atoms with Crippen LogP contribution in [0, 0.1) is 0 Å². The molecule has 1 unspecified atom stereocenters. The second kappa shape index (κ2) is 13.1. The van der Waals surface area contributed by atoms with Crippen LogP contribution in [0.5, 0.6) is 0 Å². The highest BCUT2D eigenvalue weighted by atomic mass is 35.5. The number of amides is 2. The Hall–Kier alpha value is -4.08. The molecule has 1 atom stereocenters. The molecule has 45 heavy (non-hydrogen) atoms. The molecule has 0 aliphatic carbocycles. The normalized spacial score (nSPS) is 16.7. The van der Waals surface area contributed by atoms with Gasteiger partial charge in [-0.2, -0.15) is 5.11 Å². The molecule has 1 aliphatic heterocycles. The number of rotatable bonds is 11. The third-order valence-corrected chi connectivity index (χ3v) is 9.71. The fourth-order valence-electron chi connectivity index (χ4n) is 5.59. The van der Waals surface area contributed by atoms with E-state index in [1.165, 1.54) is 29.8 Å². The molecule has 8 nitrogen and oxygen atoms in total. The molecule has 1 aromatic heterocycles. The number of halogens is 1. The van der Waals surface area contributed by atoms with Crippen LogP contribution >= 0.6 is 11.6 Å². The predicted octanol–water partition coefficient (Wildman–Crippen LogP) is 8.67. The summed E-state index contributed by atoms with van der Waals surface area (Å²) >= 11 is 5.90. The van der Waals surface area contributed by atoms with Crippen molar-refractivity contribution in [1.29, 1.82) is 0 Å². The molecule has 0 spiro atoms. The monoisotopic (exact) mass is 643 g/mol. The first-order valence-corrected chi connectivity index (χ1v) is 16.9. The minimum Gasteiger partial charge on any atom is -0.295 e. The molecule has 0 saturated heterocycles. The van der Waals surface area contributed by atoms with E-state index < -0.39 is 15.7 Å². The van der Waals surface area contributed by atoms with Crippen LogP contribution in [0.2, 0.25) is 5.02 Å². The largest absolute Gasteiger partial charge is 0.363 e. The van der Waals surface area contributed by atoms with Gasteiger partial charge in [0.15, 0.2) is 5.66 Å². The average Bonchev–Trinajstić information content (AvgIpc) is 3.31. The zero-order valence-corrected chi connectivity index (χ0v) is 27.6. The molecule has 234 valence electrons. The van der Waals surface area contributed by atoms with Gasteiger partial charge in [-0.25, -0.2) is 18.2 Å². The Kier molecular flexibility index (Phi) is 9.41. The number of hydrogen-bond acceptors (Lipinski definition) is 5. The quantitative estimate of drug-likeness (QED) is 0.177. The van der Waals surface area contributed by atoms with Crippen LogP contribution in [-0.2, 0) is 28.3 Å². The number of carbonyl (C=O) groups is 1. The van der Waals surface area contributed by atoms with Crippen molar-refractivity contribution in [3.63, 3.8) is 0 Å². The maximum absolute atomic E-state index is 12.8. The first kappa shape index (κ1) is 32.3. The van der Waals surface area contributed by atoms with Gasteiger partial charge in [0.2, 0.25) is 0 Å². The number of carbonyl (C=O) groups excluding carboxylic acids is 1. The number of urea groups is 1. The van der Waals surface area contributed by atoms with Gasteiger partial charge in [-0.1, -0.05) is 92.1 Å². The smallest absolute Gasteiger partial charge is 0.295 e. The lowest BCUT2D eigenvalue weighted by Crippen LogP contribution is -2.47. The van der Waals surface area contributed by atoms with Gasteiger partial charge in [0, 0.05) is 23.6 Å². The Morgan fingerprint density at radius 3 is 2.20 bits per heavy atom. The van der Waals surface area contributed by atoms with E-state index in [0.717, 1.165) is 29.5 Å². The Balaban J connectivity index is 1.25. The van der Waals surface area contributed by atoms with Crippen LogP contribution in [0.3, 0.4) is 0 Å². The lowest BCUT2D eigenvalue weighted by molar-refractivity contribution is 0.138. The van der Waals surface area contributed by atoms with Crippen molar-refractivity contribution in [2.24, 2.45) is 10.2 Å². The van der Waals surface area contributed by atoms with Gasteiger partial charge in [-0.3, -0.25) is 9.62 Å². The molecular weight excluding hydrogens is 606 g/mol. The minimum atomic E-state index is -3.81. The first-order valence-electron chi connectivity index (χ1n) is 15.1. The molecule has 1 N–H and O–H groups in total. The average molecular weight is 644 g/mol. The number of hydrogen-bond donors (Lipinski definition) is 1. The molecule has 4 aromatic rings. The highest BCUT2D eigenvalue weighted by Gasteiger charge is 2.43. The van der Waals surface area contributed by atoms with Crippen LogP contribution in [0.25, 0.3) is 11.3 Å². The number of nitrogens with zero attached hydrogens (tertiary/aromatic N) is 4. The SMILES string of the molecule is CCN1C(=O)N=NC1(CCCc1ccc(-c2cccc(NS(=O)(=O)c3ccc(Cl)cc3)n2)cc1)Cc1ccc(C(C)(C)C)cc1. The molecule has 1 aliphatic rings. The maximum Gasteiger partial charge on any atom is 0.363 e. The van der Waals surface area contributed by atoms with E-state index in [0.29, 0.717) is 30.1 Å². The van der Waals surface area contributed by atoms with Crippen LogP contribution in [0.15, 0.2) is 106 Å². The van der Waals surface area contributed by atoms with Gasteiger partial charge in [0.05, 0.1) is 10.6 Å².